The lowest BCUT2D eigenvalue weighted by atomic mass is 9.74. The van der Waals surface area contributed by atoms with Crippen LogP contribution in [-0.2, 0) is 28.2 Å². The predicted molar refractivity (Wildman–Crippen MR) is 108 cm³/mol. The Morgan fingerprint density at radius 3 is 2.79 bits per heavy atom. The second-order valence-corrected chi connectivity index (χ2v) is 10.6. The number of aryl methyl sites for hydroxylation is 1. The molecule has 0 aromatic carbocycles. The summed E-state index contributed by atoms with van der Waals surface area (Å²) in [7, 11) is -1.58. The van der Waals surface area contributed by atoms with Crippen molar-refractivity contribution in [2.75, 3.05) is 25.9 Å². The molecule has 1 N–H and O–H groups in total. The summed E-state index contributed by atoms with van der Waals surface area (Å²) in [5, 5.41) is 0. The Morgan fingerprint density at radius 1 is 1.41 bits per heavy atom. The van der Waals surface area contributed by atoms with Crippen LogP contribution in [-0.4, -0.2) is 61.4 Å². The molecular formula is C20H29N3O5S. The second kappa shape index (κ2) is 6.92. The molecule has 3 aliphatic rings. The second-order valence-electron chi connectivity index (χ2n) is 8.74. The van der Waals surface area contributed by atoms with Crippen molar-refractivity contribution in [2.24, 2.45) is 18.9 Å². The van der Waals surface area contributed by atoms with Gasteiger partial charge >= 0.3 is 0 Å². The largest absolute Gasteiger partial charge is 0.369 e. The van der Waals surface area contributed by atoms with Crippen LogP contribution < -0.4 is 10.3 Å². The van der Waals surface area contributed by atoms with Gasteiger partial charge in [0.1, 0.15) is 5.56 Å². The van der Waals surface area contributed by atoms with E-state index in [1.165, 1.54) is 0 Å². The molecular weight excluding hydrogens is 394 g/mol. The molecule has 0 saturated carbocycles. The van der Waals surface area contributed by atoms with E-state index in [-0.39, 0.29) is 35.0 Å². The van der Waals surface area contributed by atoms with E-state index in [2.05, 4.69) is 4.72 Å². The van der Waals surface area contributed by atoms with Gasteiger partial charge in [0.25, 0.3) is 11.5 Å². The van der Waals surface area contributed by atoms with Gasteiger partial charge in [-0.05, 0) is 37.8 Å². The number of sulfonamides is 1. The number of rotatable bonds is 5. The van der Waals surface area contributed by atoms with Crippen LogP contribution in [0.2, 0.25) is 0 Å². The Labute approximate surface area is 171 Å². The third-order valence-electron chi connectivity index (χ3n) is 6.97. The van der Waals surface area contributed by atoms with Gasteiger partial charge in [-0.25, -0.2) is 13.1 Å². The van der Waals surface area contributed by atoms with Crippen LogP contribution in [0, 0.1) is 18.8 Å². The van der Waals surface area contributed by atoms with Gasteiger partial charge in [-0.15, -0.1) is 0 Å². The summed E-state index contributed by atoms with van der Waals surface area (Å²) in [6.45, 7) is 5.18. The Balaban J connectivity index is 1.58. The minimum atomic E-state index is -3.28. The maximum absolute atomic E-state index is 13.2. The average molecular weight is 424 g/mol. The molecule has 0 radical (unpaired) electrons. The average Bonchev–Trinajstić information content (AvgIpc) is 3.30. The molecule has 8 nitrogen and oxygen atoms in total. The summed E-state index contributed by atoms with van der Waals surface area (Å²) in [6.07, 6.45) is 3.66. The lowest BCUT2D eigenvalue weighted by Gasteiger charge is -2.29. The van der Waals surface area contributed by atoms with Crippen molar-refractivity contribution in [3.63, 3.8) is 0 Å². The van der Waals surface area contributed by atoms with Crippen molar-refractivity contribution in [3.8, 4) is 0 Å². The highest BCUT2D eigenvalue weighted by Gasteiger charge is 2.63. The van der Waals surface area contributed by atoms with Gasteiger partial charge in [0.15, 0.2) is 0 Å². The highest BCUT2D eigenvalue weighted by Crippen LogP contribution is 2.54. The summed E-state index contributed by atoms with van der Waals surface area (Å²) < 4.78 is 33.5. The number of likely N-dealkylation sites (tertiary alicyclic amines) is 1. The topological polar surface area (TPSA) is 97.7 Å². The number of nitrogens with one attached hydrogen (secondary N) is 1. The zero-order valence-corrected chi connectivity index (χ0v) is 18.2. The van der Waals surface area contributed by atoms with E-state index in [0.717, 1.165) is 36.8 Å². The highest BCUT2D eigenvalue weighted by atomic mass is 32.2. The first kappa shape index (κ1) is 20.6. The molecule has 3 saturated heterocycles. The molecule has 4 heterocycles. The van der Waals surface area contributed by atoms with Crippen LogP contribution in [0.25, 0.3) is 0 Å². The molecule has 3 fully saturated rings. The van der Waals surface area contributed by atoms with Crippen LogP contribution in [0.15, 0.2) is 10.9 Å². The number of ether oxygens (including phenoxy) is 1. The number of aromatic nitrogens is 1. The lowest BCUT2D eigenvalue weighted by molar-refractivity contribution is 0.00322. The zero-order chi connectivity index (χ0) is 21.1. The van der Waals surface area contributed by atoms with Gasteiger partial charge in [-0.3, -0.25) is 9.59 Å². The molecule has 4 atom stereocenters. The Bertz CT molecular complexity index is 1020. The van der Waals surface area contributed by atoms with Gasteiger partial charge in [-0.2, -0.15) is 0 Å². The third-order valence-corrected chi connectivity index (χ3v) is 7.66. The summed E-state index contributed by atoms with van der Waals surface area (Å²) in [5.74, 6) is -0.135. The summed E-state index contributed by atoms with van der Waals surface area (Å²) in [5.41, 5.74) is 1.38. The number of hydrogen-bond donors (Lipinski definition) is 1. The van der Waals surface area contributed by atoms with Crippen LogP contribution in [0.4, 0.5) is 0 Å². The summed E-state index contributed by atoms with van der Waals surface area (Å²) >= 11 is 0. The first-order valence-corrected chi connectivity index (χ1v) is 12.1. The fraction of sp³-hybridized carbons (Fsp3) is 0.700. The van der Waals surface area contributed by atoms with Crippen LogP contribution >= 0.6 is 0 Å². The Hall–Kier alpha value is -1.71. The van der Waals surface area contributed by atoms with Crippen molar-refractivity contribution < 1.29 is 17.9 Å². The van der Waals surface area contributed by atoms with Gasteiger partial charge in [0.2, 0.25) is 10.0 Å². The van der Waals surface area contributed by atoms with E-state index < -0.39 is 15.6 Å². The maximum Gasteiger partial charge on any atom is 0.263 e. The van der Waals surface area contributed by atoms with Gasteiger partial charge in [0.05, 0.1) is 24.5 Å². The predicted octanol–water partition coefficient (Wildman–Crippen LogP) is 0.425. The van der Waals surface area contributed by atoms with E-state index in [1.807, 2.05) is 13.8 Å². The molecule has 1 aromatic rings. The monoisotopic (exact) mass is 423 g/mol. The van der Waals surface area contributed by atoms with E-state index in [0.29, 0.717) is 19.6 Å². The number of carbonyl (C=O) groups excluding carboxylic acids is 1. The maximum atomic E-state index is 13.2. The van der Waals surface area contributed by atoms with Crippen molar-refractivity contribution in [2.45, 2.75) is 44.8 Å². The number of fused-ring (bicyclic) bond motifs is 1. The number of nitrogens with zero attached hydrogens (tertiary/aromatic N) is 2. The highest BCUT2D eigenvalue weighted by molar-refractivity contribution is 7.88. The lowest BCUT2D eigenvalue weighted by Crippen LogP contribution is -2.41. The van der Waals surface area contributed by atoms with Gasteiger partial charge in [-0.1, -0.05) is 6.92 Å². The fourth-order valence-electron chi connectivity index (χ4n) is 5.63. The quantitative estimate of drug-likeness (QED) is 0.741. The number of pyridine rings is 1. The van der Waals surface area contributed by atoms with Crippen molar-refractivity contribution in [1.29, 1.82) is 0 Å². The first-order valence-electron chi connectivity index (χ1n) is 10.2. The zero-order valence-electron chi connectivity index (χ0n) is 17.4. The Morgan fingerprint density at radius 2 is 2.14 bits per heavy atom. The molecule has 160 valence electrons. The van der Waals surface area contributed by atoms with Gasteiger partial charge < -0.3 is 14.2 Å². The first-order chi connectivity index (χ1) is 13.6. The van der Waals surface area contributed by atoms with Crippen molar-refractivity contribution in [1.82, 2.24) is 14.2 Å². The molecule has 9 heteroatoms. The van der Waals surface area contributed by atoms with Gasteiger partial charge in [0, 0.05) is 37.7 Å². The van der Waals surface area contributed by atoms with E-state index in [4.69, 9.17) is 4.74 Å². The SMILES string of the molecule is CCc1c(C)cc(C(=O)N2C[C@@H]3[C@H](CNS(C)(=O)=O)[C@H]4CC[C@]3(C2)O4)c(=O)n1C. The molecule has 1 amide bonds. The van der Waals surface area contributed by atoms with Crippen LogP contribution in [0.1, 0.15) is 41.4 Å². The number of hydrogen-bond acceptors (Lipinski definition) is 5. The molecule has 1 spiro atoms. The van der Waals surface area contributed by atoms with E-state index >= 15 is 0 Å². The molecule has 1 aromatic heterocycles. The number of amides is 1. The smallest absolute Gasteiger partial charge is 0.263 e. The number of carbonyl (C=O) groups is 1. The van der Waals surface area contributed by atoms with E-state index in [9.17, 15) is 18.0 Å². The standard InChI is InChI=1S/C20H29N3O5S/c1-5-16-12(2)8-13(18(24)22(16)3)19(25)23-10-15-14(9-21-29(4,26)27)17-6-7-20(15,11-23)28-17/h8,14-15,17,21H,5-7,9-11H2,1-4H3/t14-,15+,17+,20+/m0/s1. The molecule has 2 bridgehead atoms. The minimum Gasteiger partial charge on any atom is -0.369 e. The molecule has 29 heavy (non-hydrogen) atoms. The fourth-order valence-corrected chi connectivity index (χ4v) is 6.13. The molecule has 0 aliphatic carbocycles. The molecule has 3 aliphatic heterocycles. The molecule has 4 rings (SSSR count). The summed E-state index contributed by atoms with van der Waals surface area (Å²) in [4.78, 5) is 27.8. The van der Waals surface area contributed by atoms with Crippen molar-refractivity contribution >= 4 is 15.9 Å². The van der Waals surface area contributed by atoms with Crippen LogP contribution in [0.5, 0.6) is 0 Å². The summed E-state index contributed by atoms with van der Waals surface area (Å²) in [6, 6.07) is 1.70. The normalized spacial score (nSPS) is 30.8. The van der Waals surface area contributed by atoms with Crippen molar-refractivity contribution in [3.05, 3.63) is 33.2 Å². The molecule has 0 unspecified atom stereocenters. The third kappa shape index (κ3) is 3.33. The Kier molecular flexibility index (Phi) is 4.91. The minimum absolute atomic E-state index is 0.0328. The van der Waals surface area contributed by atoms with E-state index in [1.54, 1.807) is 22.6 Å². The van der Waals surface area contributed by atoms with Crippen LogP contribution in [0.3, 0.4) is 0 Å².